The van der Waals surface area contributed by atoms with Gasteiger partial charge >= 0.3 is 0 Å². The van der Waals surface area contributed by atoms with Crippen LogP contribution >= 0.6 is 0 Å². The molecule has 1 amide bonds. The standard InChI is InChI=1S/C13H17N7O/c1-9-6-11(18-13(17-9)20-4-2-15-8-20)19-5-3-16-10(7-19)12(14)21/h2,4,6,8,10,16H,3,5,7H2,1H3,(H2,14,21). The first-order valence-electron chi connectivity index (χ1n) is 6.75. The minimum absolute atomic E-state index is 0.347. The maximum absolute atomic E-state index is 11.3. The molecule has 1 aliphatic heterocycles. The van der Waals surface area contributed by atoms with Crippen molar-refractivity contribution in [2.24, 2.45) is 5.73 Å². The number of carbonyl (C=O) groups excluding carboxylic acids is 1. The monoisotopic (exact) mass is 287 g/mol. The van der Waals surface area contributed by atoms with E-state index in [0.717, 1.165) is 18.1 Å². The topological polar surface area (TPSA) is 102 Å². The third kappa shape index (κ3) is 2.84. The van der Waals surface area contributed by atoms with Crippen LogP contribution in [-0.2, 0) is 4.79 Å². The Morgan fingerprint density at radius 1 is 1.48 bits per heavy atom. The Labute approximate surface area is 122 Å². The Kier molecular flexibility index (Phi) is 3.53. The number of rotatable bonds is 3. The first-order chi connectivity index (χ1) is 10.1. The highest BCUT2D eigenvalue weighted by atomic mass is 16.1. The molecule has 1 fully saturated rings. The van der Waals surface area contributed by atoms with E-state index in [4.69, 9.17) is 5.73 Å². The highest BCUT2D eigenvalue weighted by Gasteiger charge is 2.24. The second-order valence-corrected chi connectivity index (χ2v) is 4.99. The molecule has 3 heterocycles. The molecular weight excluding hydrogens is 270 g/mol. The normalized spacial score (nSPS) is 18.7. The largest absolute Gasteiger partial charge is 0.368 e. The summed E-state index contributed by atoms with van der Waals surface area (Å²) in [7, 11) is 0. The van der Waals surface area contributed by atoms with Crippen molar-refractivity contribution >= 4 is 11.7 Å². The summed E-state index contributed by atoms with van der Waals surface area (Å²) >= 11 is 0. The Balaban J connectivity index is 1.90. The van der Waals surface area contributed by atoms with E-state index in [1.165, 1.54) is 0 Å². The summed E-state index contributed by atoms with van der Waals surface area (Å²) in [4.78, 5) is 26.3. The fourth-order valence-corrected chi connectivity index (χ4v) is 2.34. The van der Waals surface area contributed by atoms with Crippen LogP contribution in [0.25, 0.3) is 5.95 Å². The van der Waals surface area contributed by atoms with Crippen molar-refractivity contribution < 1.29 is 4.79 Å². The quantitative estimate of drug-likeness (QED) is 0.769. The summed E-state index contributed by atoms with van der Waals surface area (Å²) in [5, 5.41) is 3.10. The van der Waals surface area contributed by atoms with Gasteiger partial charge in [0.05, 0.1) is 0 Å². The third-order valence-corrected chi connectivity index (χ3v) is 3.41. The van der Waals surface area contributed by atoms with Crippen molar-refractivity contribution in [3.05, 3.63) is 30.5 Å². The van der Waals surface area contributed by atoms with Crippen LogP contribution in [0.2, 0.25) is 0 Å². The number of nitrogens with two attached hydrogens (primary N) is 1. The van der Waals surface area contributed by atoms with Gasteiger partial charge in [0.15, 0.2) is 0 Å². The van der Waals surface area contributed by atoms with Crippen LogP contribution in [0, 0.1) is 6.92 Å². The first-order valence-corrected chi connectivity index (χ1v) is 6.75. The summed E-state index contributed by atoms with van der Waals surface area (Å²) in [5.41, 5.74) is 6.23. The molecule has 1 aliphatic rings. The van der Waals surface area contributed by atoms with Crippen LogP contribution in [-0.4, -0.2) is 51.1 Å². The number of amides is 1. The summed E-state index contributed by atoms with van der Waals surface area (Å²) < 4.78 is 1.75. The number of nitrogens with zero attached hydrogens (tertiary/aromatic N) is 5. The van der Waals surface area contributed by atoms with E-state index in [1.54, 1.807) is 23.3 Å². The van der Waals surface area contributed by atoms with E-state index in [-0.39, 0.29) is 11.9 Å². The molecule has 1 saturated heterocycles. The highest BCUT2D eigenvalue weighted by molar-refractivity contribution is 5.80. The zero-order valence-corrected chi connectivity index (χ0v) is 11.7. The molecule has 1 atom stereocenters. The van der Waals surface area contributed by atoms with Crippen LogP contribution in [0.1, 0.15) is 5.69 Å². The molecule has 0 spiro atoms. The first kappa shape index (κ1) is 13.5. The Bertz CT molecular complexity index is 640. The molecule has 2 aromatic rings. The van der Waals surface area contributed by atoms with Crippen LogP contribution in [0.4, 0.5) is 5.82 Å². The molecule has 110 valence electrons. The number of primary amides is 1. The fraction of sp³-hybridized carbons (Fsp3) is 0.385. The molecule has 0 aliphatic carbocycles. The molecule has 21 heavy (non-hydrogen) atoms. The number of anilines is 1. The lowest BCUT2D eigenvalue weighted by Gasteiger charge is -2.33. The Hall–Kier alpha value is -2.48. The van der Waals surface area contributed by atoms with E-state index in [1.807, 2.05) is 17.9 Å². The summed E-state index contributed by atoms with van der Waals surface area (Å²) in [6, 6.07) is 1.55. The number of aryl methyl sites for hydroxylation is 1. The lowest BCUT2D eigenvalue weighted by Crippen LogP contribution is -2.56. The highest BCUT2D eigenvalue weighted by Crippen LogP contribution is 2.16. The predicted molar refractivity (Wildman–Crippen MR) is 77.1 cm³/mol. The smallest absolute Gasteiger partial charge is 0.237 e. The molecule has 0 saturated carbocycles. The molecule has 3 N–H and O–H groups in total. The lowest BCUT2D eigenvalue weighted by atomic mass is 10.2. The average molecular weight is 287 g/mol. The van der Waals surface area contributed by atoms with E-state index < -0.39 is 0 Å². The van der Waals surface area contributed by atoms with Gasteiger partial charge in [0.1, 0.15) is 18.2 Å². The number of carbonyl (C=O) groups is 1. The van der Waals surface area contributed by atoms with Gasteiger partial charge in [0.2, 0.25) is 11.9 Å². The fourth-order valence-electron chi connectivity index (χ4n) is 2.34. The molecule has 8 heteroatoms. The summed E-state index contributed by atoms with van der Waals surface area (Å²) in [5.74, 6) is 1.01. The minimum Gasteiger partial charge on any atom is -0.368 e. The molecule has 3 rings (SSSR count). The van der Waals surface area contributed by atoms with Gasteiger partial charge in [0, 0.05) is 43.8 Å². The second-order valence-electron chi connectivity index (χ2n) is 4.99. The number of hydrogen-bond donors (Lipinski definition) is 2. The van der Waals surface area contributed by atoms with Gasteiger partial charge in [-0.25, -0.2) is 9.97 Å². The van der Waals surface area contributed by atoms with Crippen LogP contribution in [0.3, 0.4) is 0 Å². The molecule has 8 nitrogen and oxygen atoms in total. The lowest BCUT2D eigenvalue weighted by molar-refractivity contribution is -0.120. The Morgan fingerprint density at radius 3 is 3.05 bits per heavy atom. The van der Waals surface area contributed by atoms with Crippen LogP contribution < -0.4 is 16.0 Å². The maximum Gasteiger partial charge on any atom is 0.237 e. The molecule has 0 radical (unpaired) electrons. The number of aromatic nitrogens is 4. The van der Waals surface area contributed by atoms with E-state index in [2.05, 4.69) is 20.3 Å². The van der Waals surface area contributed by atoms with E-state index >= 15 is 0 Å². The van der Waals surface area contributed by atoms with Gasteiger partial charge < -0.3 is 16.0 Å². The second kappa shape index (κ2) is 5.49. The van der Waals surface area contributed by atoms with E-state index in [9.17, 15) is 4.79 Å². The molecule has 2 aromatic heterocycles. The number of piperazine rings is 1. The van der Waals surface area contributed by atoms with Crippen molar-refractivity contribution in [2.45, 2.75) is 13.0 Å². The van der Waals surface area contributed by atoms with Crippen molar-refractivity contribution in [3.8, 4) is 5.95 Å². The molecular formula is C13H17N7O. The number of hydrogen-bond acceptors (Lipinski definition) is 6. The zero-order chi connectivity index (χ0) is 14.8. The number of imidazole rings is 1. The van der Waals surface area contributed by atoms with Gasteiger partial charge in [-0.3, -0.25) is 9.36 Å². The van der Waals surface area contributed by atoms with Gasteiger partial charge in [-0.1, -0.05) is 0 Å². The van der Waals surface area contributed by atoms with Crippen molar-refractivity contribution in [1.82, 2.24) is 24.8 Å². The van der Waals surface area contributed by atoms with Crippen molar-refractivity contribution in [1.29, 1.82) is 0 Å². The van der Waals surface area contributed by atoms with Crippen LogP contribution in [0.5, 0.6) is 0 Å². The minimum atomic E-state index is -0.356. The average Bonchev–Trinajstić information content (AvgIpc) is 3.01. The number of nitrogens with one attached hydrogen (secondary N) is 1. The van der Waals surface area contributed by atoms with Crippen molar-refractivity contribution in [2.75, 3.05) is 24.5 Å². The SMILES string of the molecule is Cc1cc(N2CCNC(C(N)=O)C2)nc(-n2ccnc2)n1. The predicted octanol–water partition coefficient (Wildman–Crippen LogP) is -0.766. The summed E-state index contributed by atoms with van der Waals surface area (Å²) in [6.07, 6.45) is 5.13. The Morgan fingerprint density at radius 2 is 2.33 bits per heavy atom. The van der Waals surface area contributed by atoms with E-state index in [0.29, 0.717) is 19.0 Å². The third-order valence-electron chi connectivity index (χ3n) is 3.41. The molecule has 1 unspecified atom stereocenters. The maximum atomic E-state index is 11.3. The van der Waals surface area contributed by atoms with Gasteiger partial charge in [-0.15, -0.1) is 0 Å². The molecule has 0 bridgehead atoms. The van der Waals surface area contributed by atoms with Crippen LogP contribution in [0.15, 0.2) is 24.8 Å². The zero-order valence-electron chi connectivity index (χ0n) is 11.7. The van der Waals surface area contributed by atoms with Gasteiger partial charge in [-0.2, -0.15) is 4.98 Å². The molecule has 0 aromatic carbocycles. The van der Waals surface area contributed by atoms with Gasteiger partial charge in [0.25, 0.3) is 0 Å². The van der Waals surface area contributed by atoms with Gasteiger partial charge in [-0.05, 0) is 6.92 Å². The summed E-state index contributed by atoms with van der Waals surface area (Å²) in [6.45, 7) is 3.88. The van der Waals surface area contributed by atoms with Crippen molar-refractivity contribution in [3.63, 3.8) is 0 Å².